The van der Waals surface area contributed by atoms with Crippen molar-refractivity contribution in [2.24, 2.45) is 11.5 Å². The number of phosphoric acid groups is 2. The number of aldehydes is 1. The molecule has 2 aromatic rings. The summed E-state index contributed by atoms with van der Waals surface area (Å²) in [7, 11) is -10.2. The Kier molecular flexibility index (Phi) is 73.8. The Morgan fingerprint density at radius 3 is 1.20 bits per heavy atom. The van der Waals surface area contributed by atoms with Crippen LogP contribution in [0.2, 0.25) is 0 Å². The van der Waals surface area contributed by atoms with Gasteiger partial charge < -0.3 is 243 Å². The second kappa shape index (κ2) is 69.9. The van der Waals surface area contributed by atoms with E-state index in [0.717, 1.165) is 21.5 Å². The molecule has 6 aliphatic heterocycles. The molecule has 762 valence electrons. The number of nitrogen functional groups attached to an aromatic ring is 2. The Labute approximate surface area is 890 Å². The van der Waals surface area contributed by atoms with Crippen LogP contribution >= 0.6 is 15.6 Å². The van der Waals surface area contributed by atoms with Crippen molar-refractivity contribution in [1.29, 1.82) is 0 Å². The van der Waals surface area contributed by atoms with Crippen molar-refractivity contribution >= 4 is 82.8 Å². The molecule has 0 aliphatic carbocycles. The summed E-state index contributed by atoms with van der Waals surface area (Å²) in [6, 6.07) is -3.42. The molecule has 61 nitrogen and oxygen atoms in total. The van der Waals surface area contributed by atoms with Gasteiger partial charge in [0.15, 0.2) is 18.7 Å². The van der Waals surface area contributed by atoms with Gasteiger partial charge in [-0.05, 0) is 26.1 Å². The third-order valence-electron chi connectivity index (χ3n) is 18.6. The fourth-order valence-electron chi connectivity index (χ4n) is 12.2. The van der Waals surface area contributed by atoms with E-state index < -0.39 is 323 Å². The molecule has 0 saturated carbocycles. The summed E-state index contributed by atoms with van der Waals surface area (Å²) in [4.78, 5) is 154. The monoisotopic (exact) mass is 2070 g/mol. The van der Waals surface area contributed by atoms with Gasteiger partial charge in [0.05, 0.1) is 95.2 Å². The van der Waals surface area contributed by atoms with Gasteiger partial charge >= 0.3 is 159 Å². The summed E-state index contributed by atoms with van der Waals surface area (Å²) < 4.78 is 75.9. The summed E-state index contributed by atoms with van der Waals surface area (Å²) in [6.07, 6.45) is -42.1. The molecule has 6 fully saturated rings. The topological polar surface area (TPSA) is 1040 Å². The number of aromatic nitrogens is 4. The number of hydrogen-bond donors (Lipinski definition) is 29. The number of carbonyl (C=O) groups excluding carboxylic acids is 9. The van der Waals surface area contributed by atoms with Gasteiger partial charge in [-0.2, -0.15) is 9.97 Å². The van der Waals surface area contributed by atoms with Gasteiger partial charge in [-0.1, -0.05) is 33.8 Å². The Hall–Kier alpha value is -3.05. The summed E-state index contributed by atoms with van der Waals surface area (Å²) in [6.45, 7) is 10.7. The molecule has 0 aromatic carbocycles. The summed E-state index contributed by atoms with van der Waals surface area (Å²) in [5.41, 5.74) is 19.3. The van der Waals surface area contributed by atoms with Crippen LogP contribution in [0.15, 0.2) is 46.8 Å². The average molecular weight is 2080 g/mol. The van der Waals surface area contributed by atoms with E-state index in [2.05, 4.69) is 55.9 Å². The van der Waals surface area contributed by atoms with E-state index in [0.29, 0.717) is 6.29 Å². The molecule has 2 aromatic heterocycles. The molecule has 33 atom stereocenters. The number of phosphoric ester groups is 2. The summed E-state index contributed by atoms with van der Waals surface area (Å²) in [5, 5.41) is 250. The zero-order valence-electron chi connectivity index (χ0n) is 76.3. The number of carbonyl (C=O) groups is 9. The number of aliphatic hydroxyl groups excluding tert-OH is 20. The van der Waals surface area contributed by atoms with Gasteiger partial charge in [-0.3, -0.25) is 41.7 Å². The largest absolute Gasteiger partial charge is 1.00 e. The zero-order chi connectivity index (χ0) is 102. The van der Waals surface area contributed by atoms with E-state index in [1.165, 1.54) is 19.2 Å². The third kappa shape index (κ3) is 42.4. The van der Waals surface area contributed by atoms with Gasteiger partial charge in [0.1, 0.15) is 159 Å². The first-order valence-electron chi connectivity index (χ1n) is 39.0. The van der Waals surface area contributed by atoms with Crippen LogP contribution in [0, 0.1) is 0 Å². The molecule has 6 aliphatic rings. The SMILES string of the molecule is C=CC.C=O.C=O.CC.CC.CNCC(=O)NC1C(O)CC(O)(C(=O)[O-])OC1[C@H](O)[C@H](O)CO.NC1C(O)OC(CO)C(O)C1O.NCC(=O)NC1C(O)CC(OP(=O)([O-])OCC2OC(n3ccc(N)nc3=O)C(O)C2O)(C(=O)[O-])OC1[C@H](O)[C@H](O)CO.Nc1ccn(C2OC(COP(=O)([O-])OC3(C(=O)[O-])CC(O)C(NC(=O)CCC=O)C([C@H](O)[C@H](O)CO)O3)C(O)C2O)c(=O)n1.[Na+].[Na+].[Na+].[Na+].[Na+]. The van der Waals surface area contributed by atoms with Crippen molar-refractivity contribution < 1.29 is 379 Å². The maximum absolute atomic E-state index is 12.7. The molecule has 6 saturated heterocycles. The third-order valence-corrected chi connectivity index (χ3v) is 20.6. The molecule has 8 rings (SSSR count). The second-order valence-electron chi connectivity index (χ2n) is 27.7. The van der Waals surface area contributed by atoms with Crippen molar-refractivity contribution in [3.63, 3.8) is 0 Å². The van der Waals surface area contributed by atoms with Crippen LogP contribution < -0.4 is 228 Å². The van der Waals surface area contributed by atoms with Crippen LogP contribution in [0.25, 0.3) is 0 Å². The molecule has 27 unspecified atom stereocenters. The van der Waals surface area contributed by atoms with Crippen molar-refractivity contribution in [1.82, 2.24) is 40.4 Å². The molecule has 137 heavy (non-hydrogen) atoms. The van der Waals surface area contributed by atoms with E-state index in [1.807, 2.05) is 48.2 Å². The van der Waals surface area contributed by atoms with E-state index in [4.69, 9.17) is 76.3 Å². The minimum absolute atomic E-state index is 0. The number of nitrogens with two attached hydrogens (primary N) is 4. The normalized spacial score (nSPS) is 31.4. The van der Waals surface area contributed by atoms with Crippen molar-refractivity contribution in [3.8, 4) is 0 Å². The van der Waals surface area contributed by atoms with Gasteiger partial charge in [-0.15, -0.1) is 6.58 Å². The smallest absolute Gasteiger partial charge is 0.756 e. The quantitative estimate of drug-likeness (QED) is 0.0134. The van der Waals surface area contributed by atoms with Crippen LogP contribution in [-0.2, 0) is 98.8 Å². The zero-order valence-corrected chi connectivity index (χ0v) is 88.0. The molecule has 8 heterocycles. The second-order valence-corrected chi connectivity index (χ2v) is 30.4. The number of carboxylic acid groups (broad SMARTS) is 3. The predicted octanol–water partition coefficient (Wildman–Crippen LogP) is -36.9. The number of aliphatic hydroxyl groups is 21. The van der Waals surface area contributed by atoms with Gasteiger partial charge in [0.2, 0.25) is 35.1 Å². The molecule has 33 N–H and O–H groups in total. The van der Waals surface area contributed by atoms with Crippen molar-refractivity contribution in [2.45, 2.75) is 255 Å². The van der Waals surface area contributed by atoms with Crippen molar-refractivity contribution in [3.05, 3.63) is 58.1 Å². The number of anilines is 2. The number of nitrogens with zero attached hydrogens (tertiary/aromatic N) is 4. The van der Waals surface area contributed by atoms with Gasteiger partial charge in [-0.25, -0.2) is 9.59 Å². The summed E-state index contributed by atoms with van der Waals surface area (Å²) >= 11 is 0. The Bertz CT molecular complexity index is 4110. The maximum atomic E-state index is 12.7. The van der Waals surface area contributed by atoms with E-state index in [1.54, 1.807) is 6.08 Å². The standard InChI is InChI=1S/C22H33N4O17P.C20H32N5O16P.C12H22N2O9.C6H13NO5.C3H6.2C2H6.2CH2O.5Na/c23-12-3-4-26(21(37)24-12)19-17(34)16(33)11(41-19)8-40-44(38,39)43-22(20(35)36)6-9(29)14(25-13(31)2-1-5-27)18(42-22)15(32)10(30)7-28;21-4-11(29)24-12-7(27)3-20(18(33)34,40-16(12)13(30)8(28)5-26)41-42(36,37)38-6-9-14(31)15(32)17(39-9)25-2-1-10(22)23-19(25)35;1-13-3-7(18)14-8-5(16)2-12(22,11(20)21)23-10(8)9(19)6(17)4-15;7-3-5(10)4(9)2(1-8)12-6(3)11;1-3-2;4*1-2;;;;;/h3-5,9-11,14-19,28-30,32-34H,1-2,6-8H2,(H,25,31)(H,35,36)(H,38,39)(H2,23,24,37);1-2,7-9,12-17,26-28,30-32H,3-6,21H2,(H,24,29)(H,33,34)(H,36,37)(H2,22,23,35);5-6,8-10,13,15-17,19,22H,2-4H2,1H3,(H,14,18)(H,20,21);2-6,8-11H,1,7H2;3H,1H2,2H3;2*1-2H3;2*1H2;;;;;/q;;;;;;;;;5*+1/p-5/t9?,10-,11?,14?,15-,16?,17?,18?,19?,22?;7?,8-,9?,12?,13-,14?,15?,16?,17?,20?;5?,6-,8?,9-,10?,12?;;;;;;;;;;;/m111.........../s1. The molecule has 0 radical (unpaired) electrons. The Morgan fingerprint density at radius 1 is 0.562 bits per heavy atom. The molecule has 0 spiro atoms. The van der Waals surface area contributed by atoms with Crippen molar-refractivity contribution in [2.75, 3.05) is 71.2 Å². The maximum Gasteiger partial charge on any atom is 1.00 e. The number of aliphatic carboxylic acids is 3. The molecule has 3 amide bonds. The van der Waals surface area contributed by atoms with E-state index in [-0.39, 0.29) is 172 Å². The van der Waals surface area contributed by atoms with Crippen LogP contribution in [0.4, 0.5) is 11.6 Å². The first-order chi connectivity index (χ1) is 61.7. The van der Waals surface area contributed by atoms with Gasteiger partial charge in [0.25, 0.3) is 15.6 Å². The number of nitrogens with one attached hydrogen (secondary N) is 4. The van der Waals surface area contributed by atoms with E-state index in [9.17, 15) is 169 Å². The average Bonchev–Trinajstić information content (AvgIpc) is 1.62. The number of hydrogen-bond acceptors (Lipinski definition) is 56. The first-order valence-corrected chi connectivity index (χ1v) is 42.0. The minimum atomic E-state index is -5.86. The predicted molar refractivity (Wildman–Crippen MR) is 421 cm³/mol. The first kappa shape index (κ1) is 145. The Balaban J connectivity index is -0.000000426. The van der Waals surface area contributed by atoms with Crippen LogP contribution in [0.1, 0.15) is 79.2 Å². The molecule has 68 heteroatoms. The summed E-state index contributed by atoms with van der Waals surface area (Å²) in [5.74, 6) is -19.4. The molecule has 0 bridgehead atoms. The van der Waals surface area contributed by atoms with E-state index >= 15 is 0 Å². The molecular weight excluding hydrogens is 1960 g/mol. The van der Waals surface area contributed by atoms with Gasteiger partial charge in [0, 0.05) is 44.5 Å². The number of amides is 3. The van der Waals surface area contributed by atoms with Crippen LogP contribution in [-0.4, -0.2) is 418 Å². The van der Waals surface area contributed by atoms with Crippen LogP contribution in [0.5, 0.6) is 0 Å². The minimum Gasteiger partial charge on any atom is -0.756 e. The molecular formula is C69H117N12Na5O49P2. The fraction of sp³-hybridized carbons (Fsp3) is 0.725. The number of rotatable bonds is 34. The number of carboxylic acids is 3. The van der Waals surface area contributed by atoms with Crippen LogP contribution in [0.3, 0.4) is 0 Å². The fourth-order valence-corrected chi connectivity index (χ4v) is 14.1. The number of allylic oxidation sites excluding steroid dienone is 1. The Morgan fingerprint density at radius 2 is 0.891 bits per heavy atom. The number of likely N-dealkylation sites (N-methyl/N-ethyl adjacent to an activating group) is 1. The number of ether oxygens (including phenoxy) is 6.